The molecule has 0 radical (unpaired) electrons. The summed E-state index contributed by atoms with van der Waals surface area (Å²) >= 11 is 17.3. The van der Waals surface area contributed by atoms with Crippen molar-refractivity contribution in [1.29, 1.82) is 0 Å². The summed E-state index contributed by atoms with van der Waals surface area (Å²) in [7, 11) is 0. The third kappa shape index (κ3) is 4.79. The second-order valence-corrected chi connectivity index (χ2v) is 5.48. The van der Waals surface area contributed by atoms with Gasteiger partial charge >= 0.3 is 5.97 Å². The molecule has 0 bridgehead atoms. The first-order valence-corrected chi connectivity index (χ1v) is 7.23. The maximum absolute atomic E-state index is 12.9. The average Bonchev–Trinajstić information content (AvgIpc) is 2.48. The van der Waals surface area contributed by atoms with Gasteiger partial charge in [0.1, 0.15) is 5.82 Å². The van der Waals surface area contributed by atoms with E-state index in [9.17, 15) is 14.0 Å². The van der Waals surface area contributed by atoms with Gasteiger partial charge < -0.3 is 10.1 Å². The number of halogens is 4. The van der Waals surface area contributed by atoms with Crippen LogP contribution in [0.4, 0.5) is 10.2 Å². The molecule has 1 amide bonds. The molecule has 0 saturated heterocycles. The molecule has 0 spiro atoms. The lowest BCUT2D eigenvalue weighted by Gasteiger charge is -2.08. The fraction of sp³-hybridized carbons (Fsp3) is 0.0714. The molecule has 0 aliphatic rings. The Morgan fingerprint density at radius 3 is 2.57 bits per heavy atom. The first-order chi connectivity index (χ1) is 10.9. The Morgan fingerprint density at radius 2 is 1.91 bits per heavy atom. The molecule has 0 saturated carbocycles. The van der Waals surface area contributed by atoms with Gasteiger partial charge in [-0.1, -0.05) is 34.8 Å². The summed E-state index contributed by atoms with van der Waals surface area (Å²) in [5.74, 6) is -2.03. The standard InChI is InChI=1S/C14H8Cl3FN2O3/c15-7-3-11(17)13(19-5-7)20-12(21)6-23-14(22)9-2-1-8(18)4-10(9)16/h1-5H,6H2,(H,19,20,21). The topological polar surface area (TPSA) is 68.3 Å². The van der Waals surface area contributed by atoms with Crippen molar-refractivity contribution >= 4 is 52.5 Å². The minimum absolute atomic E-state index is 0.0523. The van der Waals surface area contributed by atoms with Gasteiger partial charge in [0.25, 0.3) is 5.91 Å². The zero-order chi connectivity index (χ0) is 17.0. The van der Waals surface area contributed by atoms with Crippen LogP contribution < -0.4 is 5.32 Å². The summed E-state index contributed by atoms with van der Waals surface area (Å²) in [6.07, 6.45) is 1.30. The number of amides is 1. The lowest BCUT2D eigenvalue weighted by Crippen LogP contribution is -2.21. The van der Waals surface area contributed by atoms with Crippen LogP contribution in [-0.2, 0) is 9.53 Å². The van der Waals surface area contributed by atoms with E-state index >= 15 is 0 Å². The molecule has 0 aliphatic heterocycles. The minimum Gasteiger partial charge on any atom is -0.452 e. The summed E-state index contributed by atoms with van der Waals surface area (Å²) < 4.78 is 17.7. The quantitative estimate of drug-likeness (QED) is 0.819. The van der Waals surface area contributed by atoms with E-state index in [0.29, 0.717) is 5.02 Å². The first kappa shape index (κ1) is 17.5. The van der Waals surface area contributed by atoms with Gasteiger partial charge in [-0.05, 0) is 24.3 Å². The molecule has 2 rings (SSSR count). The van der Waals surface area contributed by atoms with Gasteiger partial charge in [0.15, 0.2) is 12.4 Å². The van der Waals surface area contributed by atoms with Crippen molar-refractivity contribution in [3.63, 3.8) is 0 Å². The number of carbonyl (C=O) groups excluding carboxylic acids is 2. The summed E-state index contributed by atoms with van der Waals surface area (Å²) in [5.41, 5.74) is -0.0523. The van der Waals surface area contributed by atoms with Crippen LogP contribution in [0.3, 0.4) is 0 Å². The summed E-state index contributed by atoms with van der Waals surface area (Å²) in [6, 6.07) is 4.58. The van der Waals surface area contributed by atoms with Gasteiger partial charge in [0.2, 0.25) is 0 Å². The van der Waals surface area contributed by atoms with Gasteiger partial charge in [-0.15, -0.1) is 0 Å². The molecule has 9 heteroatoms. The van der Waals surface area contributed by atoms with Crippen molar-refractivity contribution in [2.75, 3.05) is 11.9 Å². The molecule has 1 aromatic heterocycles. The average molecular weight is 378 g/mol. The lowest BCUT2D eigenvalue weighted by atomic mass is 10.2. The predicted molar refractivity (Wildman–Crippen MR) is 84.6 cm³/mol. The lowest BCUT2D eigenvalue weighted by molar-refractivity contribution is -0.119. The normalized spacial score (nSPS) is 10.3. The number of benzene rings is 1. The third-order valence-corrected chi connectivity index (χ3v) is 3.36. The molecule has 1 aromatic carbocycles. The smallest absolute Gasteiger partial charge is 0.340 e. The number of nitrogens with one attached hydrogen (secondary N) is 1. The molecule has 120 valence electrons. The SMILES string of the molecule is O=C(COC(=O)c1ccc(F)cc1Cl)Nc1ncc(Cl)cc1Cl. The van der Waals surface area contributed by atoms with E-state index < -0.39 is 24.3 Å². The largest absolute Gasteiger partial charge is 0.452 e. The van der Waals surface area contributed by atoms with Gasteiger partial charge in [0, 0.05) is 6.20 Å². The summed E-state index contributed by atoms with van der Waals surface area (Å²) in [4.78, 5) is 27.3. The molecule has 1 heterocycles. The van der Waals surface area contributed by atoms with E-state index in [-0.39, 0.29) is 21.4 Å². The van der Waals surface area contributed by atoms with Crippen molar-refractivity contribution in [2.24, 2.45) is 0 Å². The number of hydrogen-bond donors (Lipinski definition) is 1. The van der Waals surface area contributed by atoms with Gasteiger partial charge in [0.05, 0.1) is 20.6 Å². The number of rotatable bonds is 4. The predicted octanol–water partition coefficient (Wildman–Crippen LogP) is 3.98. The van der Waals surface area contributed by atoms with Crippen molar-refractivity contribution in [1.82, 2.24) is 4.98 Å². The Labute approximate surface area is 145 Å². The number of ether oxygens (including phenoxy) is 1. The number of carbonyl (C=O) groups is 2. The molecular formula is C14H8Cl3FN2O3. The number of aromatic nitrogens is 1. The second-order valence-electron chi connectivity index (χ2n) is 4.23. The molecule has 0 aliphatic carbocycles. The molecule has 0 fully saturated rings. The highest BCUT2D eigenvalue weighted by Crippen LogP contribution is 2.22. The highest BCUT2D eigenvalue weighted by atomic mass is 35.5. The van der Waals surface area contributed by atoms with E-state index in [1.54, 1.807) is 0 Å². The third-order valence-electron chi connectivity index (χ3n) is 2.55. The fourth-order valence-corrected chi connectivity index (χ4v) is 2.21. The van der Waals surface area contributed by atoms with Crippen LogP contribution in [0.25, 0.3) is 0 Å². The van der Waals surface area contributed by atoms with E-state index in [4.69, 9.17) is 39.5 Å². The van der Waals surface area contributed by atoms with Gasteiger partial charge in [-0.2, -0.15) is 0 Å². The number of hydrogen-bond acceptors (Lipinski definition) is 4. The maximum atomic E-state index is 12.9. The zero-order valence-corrected chi connectivity index (χ0v) is 13.5. The highest BCUT2D eigenvalue weighted by molar-refractivity contribution is 6.36. The molecule has 5 nitrogen and oxygen atoms in total. The van der Waals surface area contributed by atoms with E-state index in [2.05, 4.69) is 10.3 Å². The molecule has 0 atom stereocenters. The number of anilines is 1. The maximum Gasteiger partial charge on any atom is 0.340 e. The number of esters is 1. The van der Waals surface area contributed by atoms with Gasteiger partial charge in [-0.3, -0.25) is 4.79 Å². The molecular weight excluding hydrogens is 370 g/mol. The molecule has 23 heavy (non-hydrogen) atoms. The summed E-state index contributed by atoms with van der Waals surface area (Å²) in [6.45, 7) is -0.590. The monoisotopic (exact) mass is 376 g/mol. The molecule has 2 aromatic rings. The van der Waals surface area contributed by atoms with Crippen LogP contribution in [0.5, 0.6) is 0 Å². The summed E-state index contributed by atoms with van der Waals surface area (Å²) in [5, 5.41) is 2.69. The van der Waals surface area contributed by atoms with Gasteiger partial charge in [-0.25, -0.2) is 14.2 Å². The van der Waals surface area contributed by atoms with Crippen LogP contribution in [0.2, 0.25) is 15.1 Å². The Bertz CT molecular complexity index is 771. The second kappa shape index (κ2) is 7.59. The van der Waals surface area contributed by atoms with Crippen molar-refractivity contribution in [3.8, 4) is 0 Å². The fourth-order valence-electron chi connectivity index (χ4n) is 1.54. The van der Waals surface area contributed by atoms with Crippen LogP contribution >= 0.6 is 34.8 Å². The van der Waals surface area contributed by atoms with Crippen molar-refractivity contribution < 1.29 is 18.7 Å². The van der Waals surface area contributed by atoms with Crippen molar-refractivity contribution in [3.05, 3.63) is 56.9 Å². The Morgan fingerprint density at radius 1 is 1.17 bits per heavy atom. The van der Waals surface area contributed by atoms with Crippen LogP contribution in [-0.4, -0.2) is 23.5 Å². The number of nitrogens with zero attached hydrogens (tertiary/aromatic N) is 1. The van der Waals surface area contributed by atoms with E-state index in [1.807, 2.05) is 0 Å². The van der Waals surface area contributed by atoms with Crippen LogP contribution in [0.1, 0.15) is 10.4 Å². The molecule has 1 N–H and O–H groups in total. The highest BCUT2D eigenvalue weighted by Gasteiger charge is 2.15. The Balaban J connectivity index is 1.94. The van der Waals surface area contributed by atoms with Crippen molar-refractivity contribution in [2.45, 2.75) is 0 Å². The molecule has 0 unspecified atom stereocenters. The number of pyridine rings is 1. The van der Waals surface area contributed by atoms with E-state index in [1.165, 1.54) is 12.3 Å². The zero-order valence-electron chi connectivity index (χ0n) is 11.3. The Hall–Kier alpha value is -1.89. The first-order valence-electron chi connectivity index (χ1n) is 6.10. The van der Waals surface area contributed by atoms with Crippen LogP contribution in [0, 0.1) is 5.82 Å². The van der Waals surface area contributed by atoms with Crippen LogP contribution in [0.15, 0.2) is 30.5 Å². The Kier molecular flexibility index (Phi) is 5.76. The minimum atomic E-state index is -0.861. The van der Waals surface area contributed by atoms with E-state index in [0.717, 1.165) is 18.2 Å².